The second kappa shape index (κ2) is 5.17. The van der Waals surface area contributed by atoms with Crippen LogP contribution in [0.1, 0.15) is 49.2 Å². The van der Waals surface area contributed by atoms with Gasteiger partial charge in [-0.25, -0.2) is 0 Å². The van der Waals surface area contributed by atoms with Crippen molar-refractivity contribution in [3.8, 4) is 0 Å². The lowest BCUT2D eigenvalue weighted by atomic mass is 9.94. The van der Waals surface area contributed by atoms with E-state index in [1.54, 1.807) is 11.3 Å². The van der Waals surface area contributed by atoms with E-state index in [9.17, 15) is 0 Å². The number of anilines is 1. The monoisotopic (exact) mass is 295 g/mol. The van der Waals surface area contributed by atoms with Gasteiger partial charge in [-0.15, -0.1) is 11.3 Å². The Bertz CT molecular complexity index is 573. The third kappa shape index (κ3) is 2.65. The average Bonchev–Trinajstić information content (AvgIpc) is 2.95. The van der Waals surface area contributed by atoms with Gasteiger partial charge in [-0.1, -0.05) is 11.6 Å². The molecule has 3 rings (SSSR count). The Morgan fingerprint density at radius 1 is 1.53 bits per heavy atom. The van der Waals surface area contributed by atoms with Crippen LogP contribution in [-0.2, 0) is 6.42 Å². The molecule has 1 N–H and O–H groups in total. The number of hydrogen-bond donors (Lipinski definition) is 1. The van der Waals surface area contributed by atoms with Crippen molar-refractivity contribution in [2.75, 3.05) is 5.32 Å². The van der Waals surface area contributed by atoms with Crippen LogP contribution in [0.2, 0.25) is 4.34 Å². The maximum atomic E-state index is 6.14. The third-order valence-corrected chi connectivity index (χ3v) is 4.89. The summed E-state index contributed by atoms with van der Waals surface area (Å²) in [6.45, 7) is 4.27. The molecule has 0 aliphatic heterocycles. The molecular formula is C14H18ClN3S. The van der Waals surface area contributed by atoms with Gasteiger partial charge in [0.05, 0.1) is 22.3 Å². The summed E-state index contributed by atoms with van der Waals surface area (Å²) in [4.78, 5) is 1.44. The van der Waals surface area contributed by atoms with Crippen molar-refractivity contribution in [2.45, 2.75) is 45.2 Å². The molecule has 0 saturated heterocycles. The number of nitrogens with one attached hydrogen (secondary N) is 1. The molecule has 0 aromatic carbocycles. The molecule has 0 bridgehead atoms. The fourth-order valence-corrected chi connectivity index (χ4v) is 3.95. The highest BCUT2D eigenvalue weighted by atomic mass is 35.5. The first-order valence-corrected chi connectivity index (χ1v) is 7.91. The summed E-state index contributed by atoms with van der Waals surface area (Å²) in [5.41, 5.74) is 2.47. The van der Waals surface area contributed by atoms with Crippen LogP contribution in [0.15, 0.2) is 18.5 Å². The Kier molecular flexibility index (Phi) is 3.54. The SMILES string of the molecule is CC(C)n1cc(NC2CCCc3sc(Cl)cc32)cn1. The summed E-state index contributed by atoms with van der Waals surface area (Å²) in [6.07, 6.45) is 7.53. The summed E-state index contributed by atoms with van der Waals surface area (Å²) in [5, 5.41) is 7.96. The minimum atomic E-state index is 0.373. The van der Waals surface area contributed by atoms with E-state index in [2.05, 4.69) is 36.5 Å². The van der Waals surface area contributed by atoms with Crippen molar-refractivity contribution in [1.29, 1.82) is 0 Å². The molecule has 5 heteroatoms. The summed E-state index contributed by atoms with van der Waals surface area (Å²) in [5.74, 6) is 0. The molecule has 1 aliphatic rings. The number of aryl methyl sites for hydroxylation is 1. The van der Waals surface area contributed by atoms with E-state index in [1.807, 2.05) is 10.9 Å². The van der Waals surface area contributed by atoms with E-state index in [-0.39, 0.29) is 0 Å². The van der Waals surface area contributed by atoms with Gasteiger partial charge in [-0.2, -0.15) is 5.10 Å². The number of rotatable bonds is 3. The Morgan fingerprint density at radius 3 is 3.11 bits per heavy atom. The highest BCUT2D eigenvalue weighted by molar-refractivity contribution is 7.16. The second-order valence-electron chi connectivity index (χ2n) is 5.32. The molecule has 0 fully saturated rings. The van der Waals surface area contributed by atoms with Crippen LogP contribution in [0.4, 0.5) is 5.69 Å². The van der Waals surface area contributed by atoms with E-state index in [1.165, 1.54) is 16.9 Å². The van der Waals surface area contributed by atoms with Gasteiger partial charge < -0.3 is 5.32 Å². The fraction of sp³-hybridized carbons (Fsp3) is 0.500. The molecule has 2 aromatic rings. The van der Waals surface area contributed by atoms with Crippen molar-refractivity contribution in [2.24, 2.45) is 0 Å². The van der Waals surface area contributed by atoms with Crippen molar-refractivity contribution < 1.29 is 0 Å². The predicted molar refractivity (Wildman–Crippen MR) is 81.2 cm³/mol. The molecule has 0 amide bonds. The van der Waals surface area contributed by atoms with Crippen LogP contribution in [0.25, 0.3) is 0 Å². The Labute approximate surface area is 122 Å². The Balaban J connectivity index is 1.80. The van der Waals surface area contributed by atoms with Gasteiger partial charge in [0.2, 0.25) is 0 Å². The third-order valence-electron chi connectivity index (χ3n) is 3.56. The molecule has 3 nitrogen and oxygen atoms in total. The Hall–Kier alpha value is -1.00. The van der Waals surface area contributed by atoms with Crippen LogP contribution in [-0.4, -0.2) is 9.78 Å². The summed E-state index contributed by atoms with van der Waals surface area (Å²) >= 11 is 7.86. The van der Waals surface area contributed by atoms with Gasteiger partial charge in [-0.05, 0) is 44.7 Å². The minimum Gasteiger partial charge on any atom is -0.376 e. The van der Waals surface area contributed by atoms with Gasteiger partial charge in [0.25, 0.3) is 0 Å². The van der Waals surface area contributed by atoms with Gasteiger partial charge in [0, 0.05) is 17.1 Å². The average molecular weight is 296 g/mol. The standard InChI is InChI=1S/C14H18ClN3S/c1-9(2)18-8-10(7-16-18)17-12-4-3-5-13-11(12)6-14(15)19-13/h6-9,12,17H,3-5H2,1-2H3. The van der Waals surface area contributed by atoms with E-state index in [4.69, 9.17) is 11.6 Å². The molecule has 1 aliphatic carbocycles. The minimum absolute atomic E-state index is 0.373. The molecule has 1 atom stereocenters. The number of halogens is 1. The lowest BCUT2D eigenvalue weighted by Gasteiger charge is -2.23. The van der Waals surface area contributed by atoms with Crippen LogP contribution in [0.3, 0.4) is 0 Å². The predicted octanol–water partition coefficient (Wildman–Crippen LogP) is 4.67. The van der Waals surface area contributed by atoms with E-state index in [0.29, 0.717) is 12.1 Å². The van der Waals surface area contributed by atoms with Crippen LogP contribution in [0, 0.1) is 0 Å². The molecule has 0 saturated carbocycles. The van der Waals surface area contributed by atoms with E-state index >= 15 is 0 Å². The molecule has 2 heterocycles. The molecule has 0 spiro atoms. The zero-order valence-electron chi connectivity index (χ0n) is 11.2. The molecule has 19 heavy (non-hydrogen) atoms. The van der Waals surface area contributed by atoms with Crippen molar-refractivity contribution >= 4 is 28.6 Å². The lowest BCUT2D eigenvalue weighted by Crippen LogP contribution is -2.15. The van der Waals surface area contributed by atoms with Crippen LogP contribution >= 0.6 is 22.9 Å². The molecule has 0 radical (unpaired) electrons. The summed E-state index contributed by atoms with van der Waals surface area (Å²) in [6, 6.07) is 2.89. The maximum Gasteiger partial charge on any atom is 0.0934 e. The first kappa shape index (κ1) is 13.0. The van der Waals surface area contributed by atoms with E-state index in [0.717, 1.165) is 22.9 Å². The second-order valence-corrected chi connectivity index (χ2v) is 7.09. The summed E-state index contributed by atoms with van der Waals surface area (Å²) < 4.78 is 2.88. The fourth-order valence-electron chi connectivity index (χ4n) is 2.57. The molecular weight excluding hydrogens is 278 g/mol. The van der Waals surface area contributed by atoms with Crippen LogP contribution < -0.4 is 5.32 Å². The largest absolute Gasteiger partial charge is 0.376 e. The normalized spacial score (nSPS) is 18.6. The van der Waals surface area contributed by atoms with Crippen LogP contribution in [0.5, 0.6) is 0 Å². The van der Waals surface area contributed by atoms with Crippen molar-refractivity contribution in [3.63, 3.8) is 0 Å². The van der Waals surface area contributed by atoms with Gasteiger partial charge >= 0.3 is 0 Å². The Morgan fingerprint density at radius 2 is 2.37 bits per heavy atom. The zero-order valence-corrected chi connectivity index (χ0v) is 12.8. The van der Waals surface area contributed by atoms with E-state index < -0.39 is 0 Å². The highest BCUT2D eigenvalue weighted by Crippen LogP contribution is 2.39. The lowest BCUT2D eigenvalue weighted by molar-refractivity contribution is 0.532. The topological polar surface area (TPSA) is 29.9 Å². The zero-order chi connectivity index (χ0) is 13.4. The number of hydrogen-bond acceptors (Lipinski definition) is 3. The van der Waals surface area contributed by atoms with Crippen molar-refractivity contribution in [3.05, 3.63) is 33.2 Å². The highest BCUT2D eigenvalue weighted by Gasteiger charge is 2.23. The van der Waals surface area contributed by atoms with Crippen molar-refractivity contribution in [1.82, 2.24) is 9.78 Å². The molecule has 2 aromatic heterocycles. The number of aromatic nitrogens is 2. The summed E-state index contributed by atoms with van der Waals surface area (Å²) in [7, 11) is 0. The quantitative estimate of drug-likeness (QED) is 0.892. The molecule has 102 valence electrons. The van der Waals surface area contributed by atoms with Gasteiger partial charge in [-0.3, -0.25) is 4.68 Å². The maximum absolute atomic E-state index is 6.14. The number of thiophene rings is 1. The van der Waals surface area contributed by atoms with Gasteiger partial charge in [0.1, 0.15) is 0 Å². The number of nitrogens with zero attached hydrogens (tertiary/aromatic N) is 2. The molecule has 1 unspecified atom stereocenters. The first-order valence-electron chi connectivity index (χ1n) is 6.72. The first-order chi connectivity index (χ1) is 9.13. The van der Waals surface area contributed by atoms with Gasteiger partial charge in [0.15, 0.2) is 0 Å². The smallest absolute Gasteiger partial charge is 0.0934 e. The number of fused-ring (bicyclic) bond motifs is 1.